The summed E-state index contributed by atoms with van der Waals surface area (Å²) < 4.78 is 10.9. The zero-order valence-corrected chi connectivity index (χ0v) is 13.6. The summed E-state index contributed by atoms with van der Waals surface area (Å²) in [6.45, 7) is 1.48. The standard InChI is InChI=1S/C14H14O4.2CH2O3/c1-14(18-15,16-12-8-4-2-5-9-12)17-13-10-6-3-7-11-13;2*2-1(3)4/h2-11,15H,1H3;2*(H2,2,3,4). The molecular weight excluding hydrogens is 352 g/mol. The van der Waals surface area contributed by atoms with Gasteiger partial charge in [-0.3, -0.25) is 0 Å². The molecule has 2 aromatic carbocycles. The van der Waals surface area contributed by atoms with E-state index >= 15 is 0 Å². The maximum atomic E-state index is 8.96. The summed E-state index contributed by atoms with van der Waals surface area (Å²) in [5, 5.41) is 36.8. The van der Waals surface area contributed by atoms with Gasteiger partial charge in [0.15, 0.2) is 0 Å². The van der Waals surface area contributed by atoms with Crippen LogP contribution in [0.2, 0.25) is 0 Å². The van der Waals surface area contributed by atoms with E-state index in [2.05, 4.69) is 4.89 Å². The van der Waals surface area contributed by atoms with E-state index < -0.39 is 18.3 Å². The van der Waals surface area contributed by atoms with E-state index in [-0.39, 0.29) is 0 Å². The van der Waals surface area contributed by atoms with Crippen LogP contribution >= 0.6 is 0 Å². The molecule has 0 unspecified atom stereocenters. The quantitative estimate of drug-likeness (QED) is 0.297. The van der Waals surface area contributed by atoms with Gasteiger partial charge in [-0.1, -0.05) is 36.4 Å². The number of carboxylic acid groups (broad SMARTS) is 4. The van der Waals surface area contributed by atoms with E-state index in [4.69, 9.17) is 44.7 Å². The van der Waals surface area contributed by atoms with Crippen LogP contribution < -0.4 is 9.47 Å². The number of carbonyl (C=O) groups is 2. The molecule has 10 nitrogen and oxygen atoms in total. The summed E-state index contributed by atoms with van der Waals surface area (Å²) in [5.41, 5.74) is 0. The second kappa shape index (κ2) is 11.9. The van der Waals surface area contributed by atoms with Crippen molar-refractivity contribution in [3.63, 3.8) is 0 Å². The van der Waals surface area contributed by atoms with E-state index in [1.807, 2.05) is 36.4 Å². The summed E-state index contributed by atoms with van der Waals surface area (Å²) in [5.74, 6) is -0.530. The lowest BCUT2D eigenvalue weighted by molar-refractivity contribution is -0.438. The maximum Gasteiger partial charge on any atom is 0.503 e. The van der Waals surface area contributed by atoms with Gasteiger partial charge in [0.2, 0.25) is 0 Å². The van der Waals surface area contributed by atoms with Crippen molar-refractivity contribution < 1.29 is 49.6 Å². The van der Waals surface area contributed by atoms with Crippen LogP contribution in [0.5, 0.6) is 11.5 Å². The first-order chi connectivity index (χ1) is 12.2. The number of benzene rings is 2. The molecule has 0 saturated heterocycles. The third-order valence-corrected chi connectivity index (χ3v) is 2.26. The smallest absolute Gasteiger partial charge is 0.450 e. The number of hydrogen-bond acceptors (Lipinski definition) is 6. The van der Waals surface area contributed by atoms with Crippen LogP contribution in [0.4, 0.5) is 9.59 Å². The molecule has 0 saturated carbocycles. The van der Waals surface area contributed by atoms with Crippen LogP contribution in [-0.4, -0.2) is 44.0 Å². The van der Waals surface area contributed by atoms with E-state index in [0.29, 0.717) is 11.5 Å². The maximum absolute atomic E-state index is 8.96. The van der Waals surface area contributed by atoms with Gasteiger partial charge in [0.25, 0.3) is 0 Å². The molecule has 2 aromatic rings. The van der Waals surface area contributed by atoms with Crippen molar-refractivity contribution in [2.24, 2.45) is 0 Å². The largest absolute Gasteiger partial charge is 0.503 e. The van der Waals surface area contributed by atoms with Crippen molar-refractivity contribution in [3.05, 3.63) is 60.7 Å². The van der Waals surface area contributed by atoms with Gasteiger partial charge in [0.1, 0.15) is 11.5 Å². The predicted molar refractivity (Wildman–Crippen MR) is 87.6 cm³/mol. The van der Waals surface area contributed by atoms with Gasteiger partial charge in [0.05, 0.1) is 0 Å². The Labute approximate surface area is 148 Å². The van der Waals surface area contributed by atoms with Gasteiger partial charge in [-0.2, -0.15) is 4.89 Å². The molecule has 0 spiro atoms. The molecule has 0 atom stereocenters. The van der Waals surface area contributed by atoms with E-state index in [1.54, 1.807) is 24.3 Å². The third-order valence-electron chi connectivity index (χ3n) is 2.26. The molecule has 0 aliphatic heterocycles. The Balaban J connectivity index is 0.000000662. The molecule has 26 heavy (non-hydrogen) atoms. The third kappa shape index (κ3) is 12.0. The van der Waals surface area contributed by atoms with Crippen LogP contribution in [0.15, 0.2) is 60.7 Å². The summed E-state index contributed by atoms with van der Waals surface area (Å²) in [6.07, 6.45) is -3.67. The lowest BCUT2D eigenvalue weighted by atomic mass is 10.3. The average molecular weight is 370 g/mol. The number of hydrogen-bond donors (Lipinski definition) is 5. The zero-order chi connectivity index (χ0) is 20.0. The molecule has 0 aliphatic carbocycles. The van der Waals surface area contributed by atoms with Crippen molar-refractivity contribution in [1.29, 1.82) is 0 Å². The van der Waals surface area contributed by atoms with Crippen LogP contribution in [0.3, 0.4) is 0 Å². The highest BCUT2D eigenvalue weighted by Gasteiger charge is 2.30. The topological polar surface area (TPSA) is 163 Å². The molecule has 0 heterocycles. The van der Waals surface area contributed by atoms with Crippen molar-refractivity contribution >= 4 is 12.3 Å². The molecule has 0 amide bonds. The van der Waals surface area contributed by atoms with E-state index in [0.717, 1.165) is 0 Å². The molecule has 10 heteroatoms. The first kappa shape index (κ1) is 22.5. The lowest BCUT2D eigenvalue weighted by Gasteiger charge is -2.27. The second-order valence-electron chi connectivity index (χ2n) is 4.35. The lowest BCUT2D eigenvalue weighted by Crippen LogP contribution is -2.41. The number of ether oxygens (including phenoxy) is 2. The SMILES string of the molecule is CC(OO)(Oc1ccccc1)Oc1ccccc1.O=C(O)O.O=C(O)O. The van der Waals surface area contributed by atoms with Gasteiger partial charge in [-0.25, -0.2) is 14.8 Å². The zero-order valence-electron chi connectivity index (χ0n) is 13.6. The summed E-state index contributed by atoms with van der Waals surface area (Å²) >= 11 is 0. The van der Waals surface area contributed by atoms with Crippen LogP contribution in [-0.2, 0) is 4.89 Å². The van der Waals surface area contributed by atoms with Crippen molar-refractivity contribution in [3.8, 4) is 11.5 Å². The molecular formula is C16H18O10. The molecule has 0 aliphatic rings. The fourth-order valence-electron chi connectivity index (χ4n) is 1.46. The predicted octanol–water partition coefficient (Wildman–Crippen LogP) is 3.75. The normalized spacial score (nSPS) is 9.46. The first-order valence-corrected chi connectivity index (χ1v) is 6.83. The molecule has 5 N–H and O–H groups in total. The molecule has 0 radical (unpaired) electrons. The van der Waals surface area contributed by atoms with Crippen LogP contribution in [0, 0.1) is 0 Å². The summed E-state index contributed by atoms with van der Waals surface area (Å²) in [6, 6.07) is 18.0. The Morgan fingerprint density at radius 3 is 1.23 bits per heavy atom. The Bertz CT molecular complexity index is 583. The summed E-state index contributed by atoms with van der Waals surface area (Å²) in [7, 11) is 0. The molecule has 2 rings (SSSR count). The highest BCUT2D eigenvalue weighted by atomic mass is 17.2. The Hall–Kier alpha value is -3.50. The Morgan fingerprint density at radius 1 is 0.731 bits per heavy atom. The second-order valence-corrected chi connectivity index (χ2v) is 4.35. The van der Waals surface area contributed by atoms with Gasteiger partial charge in [0, 0.05) is 6.92 Å². The molecule has 0 aromatic heterocycles. The molecule has 142 valence electrons. The van der Waals surface area contributed by atoms with Crippen molar-refractivity contribution in [2.75, 3.05) is 0 Å². The van der Waals surface area contributed by atoms with Crippen LogP contribution in [0.25, 0.3) is 0 Å². The Morgan fingerprint density at radius 2 is 1.00 bits per heavy atom. The van der Waals surface area contributed by atoms with Crippen molar-refractivity contribution in [1.82, 2.24) is 0 Å². The molecule has 0 bridgehead atoms. The Kier molecular flexibility index (Phi) is 10.3. The first-order valence-electron chi connectivity index (χ1n) is 6.83. The molecule has 0 fully saturated rings. The van der Waals surface area contributed by atoms with Gasteiger partial charge >= 0.3 is 18.3 Å². The summed E-state index contributed by atoms with van der Waals surface area (Å²) in [4.78, 5) is 21.4. The fraction of sp³-hybridized carbons (Fsp3) is 0.125. The highest BCUT2D eigenvalue weighted by Crippen LogP contribution is 2.22. The van der Waals surface area contributed by atoms with Gasteiger partial charge in [-0.15, -0.1) is 0 Å². The number of rotatable bonds is 5. The number of para-hydroxylation sites is 2. The van der Waals surface area contributed by atoms with Crippen LogP contribution in [0.1, 0.15) is 6.92 Å². The van der Waals surface area contributed by atoms with E-state index in [9.17, 15) is 0 Å². The fourth-order valence-corrected chi connectivity index (χ4v) is 1.46. The van der Waals surface area contributed by atoms with Gasteiger partial charge < -0.3 is 29.9 Å². The van der Waals surface area contributed by atoms with Gasteiger partial charge in [-0.05, 0) is 24.3 Å². The highest BCUT2D eigenvalue weighted by molar-refractivity contribution is 5.53. The minimum atomic E-state index is -1.83. The minimum absolute atomic E-state index is 0.532. The average Bonchev–Trinajstić information content (AvgIpc) is 2.55. The monoisotopic (exact) mass is 370 g/mol. The van der Waals surface area contributed by atoms with E-state index in [1.165, 1.54) is 6.92 Å². The van der Waals surface area contributed by atoms with Crippen molar-refractivity contribution in [2.45, 2.75) is 12.9 Å². The minimum Gasteiger partial charge on any atom is -0.450 e.